The van der Waals surface area contributed by atoms with Gasteiger partial charge in [-0.25, -0.2) is 13.8 Å². The number of ether oxygens (including phenoxy) is 1. The fraction of sp³-hybridized carbons (Fsp3) is 0.444. The number of halogens is 2. The molecule has 78 valence electrons. The number of pyridine rings is 1. The number of alkyl halides is 2. The number of aryl methyl sites for hydroxylation is 1. The Hall–Kier alpha value is -1.23. The Morgan fingerprint density at radius 2 is 2.21 bits per heavy atom. The predicted molar refractivity (Wildman–Crippen MR) is 46.4 cm³/mol. The lowest BCUT2D eigenvalue weighted by Gasteiger charge is -2.10. The van der Waals surface area contributed by atoms with Crippen LogP contribution in [-0.4, -0.2) is 17.2 Å². The molecule has 0 amide bonds. The summed E-state index contributed by atoms with van der Waals surface area (Å²) >= 11 is 0. The zero-order chi connectivity index (χ0) is 10.7. The van der Waals surface area contributed by atoms with Crippen molar-refractivity contribution in [1.82, 2.24) is 4.98 Å². The molecule has 1 aromatic heterocycles. The molecule has 0 aliphatic rings. The summed E-state index contributed by atoms with van der Waals surface area (Å²) in [6.07, 6.45) is -2.58. The first-order chi connectivity index (χ1) is 6.60. The van der Waals surface area contributed by atoms with Gasteiger partial charge in [0.05, 0.1) is 19.4 Å². The maximum Gasteiger partial charge on any atom is 0.265 e. The second-order valence-electron chi connectivity index (χ2n) is 2.79. The van der Waals surface area contributed by atoms with Gasteiger partial charge in [-0.15, -0.1) is 0 Å². The van der Waals surface area contributed by atoms with Crippen LogP contribution in [0, 0.1) is 6.92 Å². The average molecular weight is 203 g/mol. The Labute approximate surface area is 80.3 Å². The molecule has 0 fully saturated rings. The molecule has 0 aliphatic carbocycles. The van der Waals surface area contributed by atoms with E-state index >= 15 is 0 Å². The first-order valence-corrected chi connectivity index (χ1v) is 4.03. The molecule has 14 heavy (non-hydrogen) atoms. The van der Waals surface area contributed by atoms with E-state index in [0.717, 1.165) is 0 Å². The first-order valence-electron chi connectivity index (χ1n) is 4.03. The van der Waals surface area contributed by atoms with Crippen LogP contribution in [0.4, 0.5) is 8.78 Å². The second kappa shape index (κ2) is 4.32. The van der Waals surface area contributed by atoms with Crippen molar-refractivity contribution < 1.29 is 18.6 Å². The minimum Gasteiger partial charge on any atom is -0.481 e. The zero-order valence-corrected chi connectivity index (χ0v) is 7.92. The molecule has 0 unspecified atom stereocenters. The Morgan fingerprint density at radius 3 is 2.64 bits per heavy atom. The van der Waals surface area contributed by atoms with Crippen LogP contribution in [0.5, 0.6) is 5.88 Å². The van der Waals surface area contributed by atoms with Crippen molar-refractivity contribution in [2.75, 3.05) is 7.11 Å². The Morgan fingerprint density at radius 1 is 1.57 bits per heavy atom. The summed E-state index contributed by atoms with van der Waals surface area (Å²) in [5.41, 5.74) is 0.317. The minimum absolute atomic E-state index is 0.171. The smallest absolute Gasteiger partial charge is 0.265 e. The quantitative estimate of drug-likeness (QED) is 0.814. The molecule has 1 rings (SSSR count). The second-order valence-corrected chi connectivity index (χ2v) is 2.79. The molecule has 0 aromatic carbocycles. The Bertz CT molecular complexity index is 329. The molecule has 0 atom stereocenters. The molecule has 5 heteroatoms. The number of hydrogen-bond acceptors (Lipinski definition) is 3. The monoisotopic (exact) mass is 203 g/mol. The molecule has 0 saturated carbocycles. The standard InChI is InChI=1S/C9H11F2NO2/c1-5-7(8(10)11)3-6(4-13)9(12-5)14-2/h3,8,13H,4H2,1-2H3. The van der Waals surface area contributed by atoms with Crippen molar-refractivity contribution in [1.29, 1.82) is 0 Å². The van der Waals surface area contributed by atoms with E-state index in [1.165, 1.54) is 20.1 Å². The highest BCUT2D eigenvalue weighted by molar-refractivity contribution is 5.34. The highest BCUT2D eigenvalue weighted by atomic mass is 19.3. The Kier molecular flexibility index (Phi) is 3.35. The fourth-order valence-corrected chi connectivity index (χ4v) is 1.15. The number of aliphatic hydroxyl groups is 1. The average Bonchev–Trinajstić information content (AvgIpc) is 2.16. The molecule has 1 N–H and O–H groups in total. The first kappa shape index (κ1) is 10.8. The summed E-state index contributed by atoms with van der Waals surface area (Å²) < 4.78 is 29.7. The van der Waals surface area contributed by atoms with Crippen molar-refractivity contribution >= 4 is 0 Å². The third-order valence-electron chi connectivity index (χ3n) is 1.89. The largest absolute Gasteiger partial charge is 0.481 e. The van der Waals surface area contributed by atoms with Gasteiger partial charge < -0.3 is 9.84 Å². The lowest BCUT2D eigenvalue weighted by Crippen LogP contribution is -2.01. The number of nitrogens with zero attached hydrogens (tertiary/aromatic N) is 1. The normalized spacial score (nSPS) is 10.7. The lowest BCUT2D eigenvalue weighted by molar-refractivity contribution is 0.149. The third-order valence-corrected chi connectivity index (χ3v) is 1.89. The third kappa shape index (κ3) is 1.98. The van der Waals surface area contributed by atoms with Gasteiger partial charge in [0.2, 0.25) is 5.88 Å². The van der Waals surface area contributed by atoms with Gasteiger partial charge in [0.15, 0.2) is 0 Å². The van der Waals surface area contributed by atoms with Gasteiger partial charge in [-0.3, -0.25) is 0 Å². The van der Waals surface area contributed by atoms with Crippen LogP contribution in [0.1, 0.15) is 23.2 Å². The molecule has 0 saturated heterocycles. The van der Waals surface area contributed by atoms with Gasteiger partial charge >= 0.3 is 0 Å². The highest BCUT2D eigenvalue weighted by Gasteiger charge is 2.15. The molecular weight excluding hydrogens is 192 g/mol. The summed E-state index contributed by atoms with van der Waals surface area (Å²) in [4.78, 5) is 3.82. The van der Waals surface area contributed by atoms with Crippen LogP contribution >= 0.6 is 0 Å². The molecular formula is C9H11F2NO2. The lowest BCUT2D eigenvalue weighted by atomic mass is 10.1. The maximum atomic E-state index is 12.4. The molecule has 3 nitrogen and oxygen atoms in total. The number of methoxy groups -OCH3 is 1. The van der Waals surface area contributed by atoms with E-state index in [0.29, 0.717) is 0 Å². The SMILES string of the molecule is COc1nc(C)c(C(F)F)cc1CO. The molecule has 0 radical (unpaired) electrons. The van der Waals surface area contributed by atoms with E-state index < -0.39 is 6.43 Å². The molecule has 1 heterocycles. The van der Waals surface area contributed by atoms with E-state index in [-0.39, 0.29) is 29.3 Å². The summed E-state index contributed by atoms with van der Waals surface area (Å²) in [7, 11) is 1.38. The fourth-order valence-electron chi connectivity index (χ4n) is 1.15. The summed E-state index contributed by atoms with van der Waals surface area (Å²) in [6, 6.07) is 1.21. The highest BCUT2D eigenvalue weighted by Crippen LogP contribution is 2.26. The van der Waals surface area contributed by atoms with Crippen molar-refractivity contribution in [2.45, 2.75) is 20.0 Å². The van der Waals surface area contributed by atoms with Gasteiger partial charge in [-0.05, 0) is 13.0 Å². The Balaban J connectivity index is 3.23. The van der Waals surface area contributed by atoms with Gasteiger partial charge in [0.1, 0.15) is 0 Å². The van der Waals surface area contributed by atoms with Crippen molar-refractivity contribution in [2.24, 2.45) is 0 Å². The van der Waals surface area contributed by atoms with Crippen molar-refractivity contribution in [3.8, 4) is 5.88 Å². The van der Waals surface area contributed by atoms with Crippen molar-refractivity contribution in [3.05, 3.63) is 22.9 Å². The number of hydrogen-bond donors (Lipinski definition) is 1. The van der Waals surface area contributed by atoms with E-state index in [2.05, 4.69) is 4.98 Å². The van der Waals surface area contributed by atoms with Crippen LogP contribution in [0.3, 0.4) is 0 Å². The van der Waals surface area contributed by atoms with Gasteiger partial charge in [-0.2, -0.15) is 0 Å². The van der Waals surface area contributed by atoms with E-state index in [9.17, 15) is 8.78 Å². The summed E-state index contributed by atoms with van der Waals surface area (Å²) in [5, 5.41) is 8.88. The summed E-state index contributed by atoms with van der Waals surface area (Å²) in [5.74, 6) is 0.189. The topological polar surface area (TPSA) is 42.4 Å². The van der Waals surface area contributed by atoms with Crippen LogP contribution in [-0.2, 0) is 6.61 Å². The molecule has 0 aliphatic heterocycles. The van der Waals surface area contributed by atoms with Crippen LogP contribution in [0.15, 0.2) is 6.07 Å². The predicted octanol–water partition coefficient (Wildman–Crippen LogP) is 1.83. The minimum atomic E-state index is -2.58. The number of aromatic nitrogens is 1. The van der Waals surface area contributed by atoms with Gasteiger partial charge in [-0.1, -0.05) is 0 Å². The van der Waals surface area contributed by atoms with Gasteiger partial charge in [0.25, 0.3) is 6.43 Å². The van der Waals surface area contributed by atoms with Crippen LogP contribution in [0.25, 0.3) is 0 Å². The van der Waals surface area contributed by atoms with Crippen molar-refractivity contribution in [3.63, 3.8) is 0 Å². The number of aliphatic hydroxyl groups excluding tert-OH is 1. The molecule has 0 bridgehead atoms. The van der Waals surface area contributed by atoms with E-state index in [1.807, 2.05) is 0 Å². The van der Waals surface area contributed by atoms with E-state index in [4.69, 9.17) is 9.84 Å². The van der Waals surface area contributed by atoms with Crippen LogP contribution in [0.2, 0.25) is 0 Å². The van der Waals surface area contributed by atoms with Gasteiger partial charge in [0, 0.05) is 11.1 Å². The zero-order valence-electron chi connectivity index (χ0n) is 7.92. The maximum absolute atomic E-state index is 12.4. The van der Waals surface area contributed by atoms with Crippen LogP contribution < -0.4 is 4.74 Å². The molecule has 0 spiro atoms. The molecule has 1 aromatic rings. The van der Waals surface area contributed by atoms with E-state index in [1.54, 1.807) is 0 Å². The number of rotatable bonds is 3. The summed E-state index contributed by atoms with van der Waals surface area (Å²) in [6.45, 7) is 1.11.